The predicted molar refractivity (Wildman–Crippen MR) is 305 cm³/mol. The molecule has 3 aliphatic rings. The van der Waals surface area contributed by atoms with Gasteiger partial charge in [0.15, 0.2) is 30.2 Å². The Morgan fingerprint density at radius 3 is 1.59 bits per heavy atom. The number of ketones is 2. The van der Waals surface area contributed by atoms with Crippen LogP contribution >= 0.6 is 46.2 Å². The number of thiazole rings is 2. The largest absolute Gasteiger partial charge is 0.378 e. The Labute approximate surface area is 485 Å². The molecule has 25 nitrogen and oxygen atoms in total. The third-order valence-corrected chi connectivity index (χ3v) is 22.0. The summed E-state index contributed by atoms with van der Waals surface area (Å²) >= 11 is 3.76. The molecule has 4 N–H and O–H groups in total. The van der Waals surface area contributed by atoms with Gasteiger partial charge in [-0.15, -0.1) is 33.7 Å². The van der Waals surface area contributed by atoms with E-state index in [-0.39, 0.29) is 75.6 Å². The molecule has 8 aromatic rings. The van der Waals surface area contributed by atoms with E-state index >= 15 is 14.4 Å². The number of aromatic amines is 2. The Morgan fingerprint density at radius 1 is 0.634 bits per heavy atom. The van der Waals surface area contributed by atoms with Crippen LogP contribution in [0.1, 0.15) is 83.5 Å². The second-order valence-corrected chi connectivity index (χ2v) is 27.1. The lowest BCUT2D eigenvalue weighted by molar-refractivity contribution is 0.0915. The van der Waals surface area contributed by atoms with Gasteiger partial charge in [-0.05, 0) is 84.6 Å². The Morgan fingerprint density at radius 2 is 1.11 bits per heavy atom. The van der Waals surface area contributed by atoms with Crippen LogP contribution in [-0.4, -0.2) is 123 Å². The number of nitrogens with one attached hydrogen (secondary N) is 4. The van der Waals surface area contributed by atoms with Crippen molar-refractivity contribution in [2.45, 2.75) is 91.4 Å². The number of hydrogen-bond donors (Lipinski definition) is 4. The summed E-state index contributed by atoms with van der Waals surface area (Å²) in [4.78, 5) is 79.4. The number of carbonyl (C=O) groups excluding carboxylic acids is 4. The molecule has 0 radical (unpaired) electrons. The Bertz CT molecular complexity index is 3820. The number of amides is 4. The summed E-state index contributed by atoms with van der Waals surface area (Å²) in [7, 11) is -9.03. The molecule has 1 saturated heterocycles. The van der Waals surface area contributed by atoms with E-state index in [9.17, 15) is 21.6 Å². The van der Waals surface area contributed by atoms with Gasteiger partial charge in [-0.2, -0.15) is 20.4 Å². The Balaban J connectivity index is 1.08. The standard InChI is InChI=1S/C51H50N16O9S6/c68-42(31-11-7-8-12-31)36-27-33(65-23-25-76-26-24-65)19-20-40(36)66(50(70)55-46-53-38(29-77-34-15-3-1-4-16-34)44(79-46)81(72,73)48-57-61-62-58-48)67(41-21-22-52-28-37(41)43(69)32-13-9-10-14-32)51(71)56-47-54-39(30-78-35-17-5-2-6-18-35)45(80-47)82(74,75)49-59-63-64-60-49/h1-6,15-22,27-28,31-32H,7-14,23-26,29-30H2,(H,53,55,70)(H,54,56,71)(H,57,58,61,62)(H,59,60,63,64). The first-order valence-corrected chi connectivity index (χ1v) is 32.4. The number of carbonyl (C=O) groups is 4. The molecule has 82 heavy (non-hydrogen) atoms. The molecule has 5 aromatic heterocycles. The van der Waals surface area contributed by atoms with E-state index in [1.54, 1.807) is 18.2 Å². The van der Waals surface area contributed by atoms with Gasteiger partial charge >= 0.3 is 12.1 Å². The fourth-order valence-corrected chi connectivity index (χ4v) is 16.9. The first-order chi connectivity index (χ1) is 39.8. The third-order valence-electron chi connectivity index (χ3n) is 13.8. The number of anilines is 5. The van der Waals surface area contributed by atoms with Gasteiger partial charge in [-0.25, -0.2) is 36.4 Å². The van der Waals surface area contributed by atoms with Crippen molar-refractivity contribution in [3.63, 3.8) is 0 Å². The molecule has 0 spiro atoms. The van der Waals surface area contributed by atoms with Gasteiger partial charge in [0.2, 0.25) is 0 Å². The molecule has 0 atom stereocenters. The highest BCUT2D eigenvalue weighted by Gasteiger charge is 2.40. The van der Waals surface area contributed by atoms with Crippen molar-refractivity contribution in [3.8, 4) is 0 Å². The minimum atomic E-state index is -4.52. The summed E-state index contributed by atoms with van der Waals surface area (Å²) in [5.74, 6) is -1.60. The average molecular weight is 1220 g/mol. The molecule has 31 heteroatoms. The van der Waals surface area contributed by atoms with Crippen molar-refractivity contribution in [2.75, 3.05) is 51.9 Å². The lowest BCUT2D eigenvalue weighted by Crippen LogP contribution is -2.55. The number of morpholine rings is 1. The lowest BCUT2D eigenvalue weighted by atomic mass is 9.94. The van der Waals surface area contributed by atoms with E-state index in [4.69, 9.17) is 4.74 Å². The number of ether oxygens (including phenoxy) is 1. The number of pyridine rings is 1. The van der Waals surface area contributed by atoms with Crippen molar-refractivity contribution in [3.05, 3.63) is 120 Å². The zero-order valence-corrected chi connectivity index (χ0v) is 48.2. The molecule has 4 amide bonds. The molecule has 3 aromatic carbocycles. The molecule has 11 rings (SSSR count). The van der Waals surface area contributed by atoms with Crippen LogP contribution in [0.5, 0.6) is 0 Å². The average Bonchev–Trinajstić information content (AvgIpc) is 4.16. The maximum atomic E-state index is 16.0. The van der Waals surface area contributed by atoms with Gasteiger partial charge in [0.05, 0.1) is 41.5 Å². The number of hydrazine groups is 1. The number of tetrazole rings is 2. The van der Waals surface area contributed by atoms with Crippen molar-refractivity contribution in [1.29, 1.82) is 0 Å². The quantitative estimate of drug-likeness (QED) is 0.0334. The van der Waals surface area contributed by atoms with Gasteiger partial charge in [-0.3, -0.25) is 25.2 Å². The maximum Gasteiger partial charge on any atom is 0.347 e. The van der Waals surface area contributed by atoms with Crippen LogP contribution in [0.2, 0.25) is 0 Å². The van der Waals surface area contributed by atoms with Gasteiger partial charge in [-0.1, -0.05) is 95.0 Å². The SMILES string of the molecule is O=C(c1cnccc1N(C(=O)Nc1nc(CSc2ccccc2)c(S(=O)(=O)c2nn[nH]n2)s1)N(C(=O)Nc1nc(CSc2ccccc2)c(S(=O)(=O)c2nn[nH]n2)s1)c1ccc(N2CCOCC2)cc1C(=O)C1CCCC1)C1CCCC1. The number of benzene rings is 3. The smallest absolute Gasteiger partial charge is 0.347 e. The van der Waals surface area contributed by atoms with Crippen molar-refractivity contribution in [2.24, 2.45) is 11.8 Å². The van der Waals surface area contributed by atoms with Crippen molar-refractivity contribution in [1.82, 2.24) is 56.2 Å². The lowest BCUT2D eigenvalue weighted by Gasteiger charge is -2.37. The van der Waals surface area contributed by atoms with Gasteiger partial charge in [0.25, 0.3) is 30.0 Å². The summed E-state index contributed by atoms with van der Waals surface area (Å²) in [6.07, 6.45) is 8.00. The third kappa shape index (κ3) is 12.2. The number of urea groups is 2. The highest BCUT2D eigenvalue weighted by Crippen LogP contribution is 2.41. The second-order valence-electron chi connectivity index (χ2n) is 19.0. The van der Waals surface area contributed by atoms with Gasteiger partial charge in [0.1, 0.15) is 0 Å². The monoisotopic (exact) mass is 1220 g/mol. The first kappa shape index (κ1) is 56.3. The number of rotatable bonds is 19. The predicted octanol–water partition coefficient (Wildman–Crippen LogP) is 8.55. The molecule has 424 valence electrons. The molecular weight excluding hydrogens is 1170 g/mol. The van der Waals surface area contributed by atoms with E-state index in [0.717, 1.165) is 45.5 Å². The van der Waals surface area contributed by atoms with E-state index in [2.05, 4.69) is 66.8 Å². The van der Waals surface area contributed by atoms with Crippen molar-refractivity contribution < 1.29 is 40.8 Å². The number of aromatic nitrogens is 11. The zero-order chi connectivity index (χ0) is 56.8. The first-order valence-electron chi connectivity index (χ1n) is 25.9. The topological polar surface area (TPSA) is 327 Å². The van der Waals surface area contributed by atoms with Crippen LogP contribution < -0.4 is 25.6 Å². The molecule has 0 unspecified atom stereocenters. The minimum Gasteiger partial charge on any atom is -0.378 e. The van der Waals surface area contributed by atoms with E-state index in [1.165, 1.54) is 42.0 Å². The summed E-state index contributed by atoms with van der Waals surface area (Å²) < 4.78 is 62.1. The summed E-state index contributed by atoms with van der Waals surface area (Å²) in [6, 6.07) is 22.4. The number of thioether (sulfide) groups is 2. The molecule has 3 fully saturated rings. The van der Waals surface area contributed by atoms with Crippen LogP contribution in [0, 0.1) is 11.8 Å². The number of hydrogen-bond acceptors (Lipinski definition) is 23. The van der Waals surface area contributed by atoms with Crippen LogP contribution in [-0.2, 0) is 35.9 Å². The number of H-pyrrole nitrogens is 2. The van der Waals surface area contributed by atoms with Crippen LogP contribution in [0.25, 0.3) is 0 Å². The molecule has 2 aliphatic carbocycles. The Hall–Kier alpha value is -7.55. The van der Waals surface area contributed by atoms with E-state index in [1.807, 2.05) is 65.6 Å². The summed E-state index contributed by atoms with van der Waals surface area (Å²) in [5, 5.41) is 31.8. The number of nitrogens with zero attached hydrogens (tertiary/aromatic N) is 12. The molecule has 2 saturated carbocycles. The Kier molecular flexibility index (Phi) is 17.1. The van der Waals surface area contributed by atoms with Crippen LogP contribution in [0.3, 0.4) is 0 Å². The number of sulfone groups is 2. The zero-order valence-electron chi connectivity index (χ0n) is 43.3. The number of Topliss-reactive ketones (excluding diaryl/α,β-unsaturated/α-hetero) is 2. The normalized spacial score (nSPS) is 15.1. The highest BCUT2D eigenvalue weighted by atomic mass is 32.2. The summed E-state index contributed by atoms with van der Waals surface area (Å²) in [5.41, 5.74) is 0.465. The minimum absolute atomic E-state index is 0.00216. The fourth-order valence-electron chi connectivity index (χ4n) is 9.83. The highest BCUT2D eigenvalue weighted by molar-refractivity contribution is 7.99. The fraction of sp³-hybridized carbons (Fsp3) is 0.314. The van der Waals surface area contributed by atoms with Gasteiger partial charge < -0.3 is 9.64 Å². The van der Waals surface area contributed by atoms with Crippen molar-refractivity contribution >= 4 is 117 Å². The van der Waals surface area contributed by atoms with Gasteiger partial charge in [0, 0.05) is 69.9 Å². The maximum absolute atomic E-state index is 16.0. The van der Waals surface area contributed by atoms with Crippen LogP contribution in [0.4, 0.5) is 36.9 Å². The molecule has 6 heterocycles. The molecule has 1 aliphatic heterocycles. The molecule has 0 bridgehead atoms. The second kappa shape index (κ2) is 24.9. The van der Waals surface area contributed by atoms with Crippen LogP contribution in [0.15, 0.2) is 126 Å². The molecular formula is C51H50N16O9S6. The van der Waals surface area contributed by atoms with E-state index < -0.39 is 53.9 Å². The summed E-state index contributed by atoms with van der Waals surface area (Å²) in [6.45, 7) is 1.82. The van der Waals surface area contributed by atoms with E-state index in [0.29, 0.717) is 80.3 Å².